The Hall–Kier alpha value is -0.930. The molecule has 0 amide bonds. The summed E-state index contributed by atoms with van der Waals surface area (Å²) < 4.78 is 13.2. The highest BCUT2D eigenvalue weighted by Crippen LogP contribution is 2.23. The number of nitrogens with zero attached hydrogens (tertiary/aromatic N) is 1. The Kier molecular flexibility index (Phi) is 5.09. The third kappa shape index (κ3) is 3.27. The molecule has 1 aromatic carbocycles. The molecule has 0 spiro atoms. The minimum Gasteiger partial charge on any atom is -0.329 e. The fourth-order valence-corrected chi connectivity index (χ4v) is 2.01. The van der Waals surface area contributed by atoms with E-state index >= 15 is 0 Å². The zero-order valence-electron chi connectivity index (χ0n) is 11.2. The molecular weight excluding hydrogens is 215 g/mol. The number of rotatable bonds is 5. The lowest BCUT2D eigenvalue weighted by Gasteiger charge is -2.32. The average molecular weight is 238 g/mol. The van der Waals surface area contributed by atoms with Gasteiger partial charge in [-0.25, -0.2) is 4.39 Å². The molecule has 2 N–H and O–H groups in total. The van der Waals surface area contributed by atoms with Crippen LogP contribution in [0.5, 0.6) is 0 Å². The lowest BCUT2D eigenvalue weighted by molar-refractivity contribution is 0.184. The summed E-state index contributed by atoms with van der Waals surface area (Å²) in [5.74, 6) is -0.157. The van der Waals surface area contributed by atoms with Gasteiger partial charge in [-0.2, -0.15) is 0 Å². The molecule has 0 aliphatic carbocycles. The average Bonchev–Trinajstić information content (AvgIpc) is 2.33. The Labute approximate surface area is 104 Å². The minimum absolute atomic E-state index is 0.157. The van der Waals surface area contributed by atoms with Gasteiger partial charge in [0, 0.05) is 18.6 Å². The molecule has 3 heteroatoms. The number of nitrogens with two attached hydrogens (primary N) is 1. The van der Waals surface area contributed by atoms with Gasteiger partial charge < -0.3 is 5.73 Å². The Morgan fingerprint density at radius 2 is 2.06 bits per heavy atom. The molecule has 0 aliphatic heterocycles. The van der Waals surface area contributed by atoms with Crippen molar-refractivity contribution in [2.75, 3.05) is 13.6 Å². The predicted octanol–water partition coefficient (Wildman–Crippen LogP) is 2.86. The predicted molar refractivity (Wildman–Crippen MR) is 70.4 cm³/mol. The Balaban J connectivity index is 2.97. The first-order valence-electron chi connectivity index (χ1n) is 6.19. The van der Waals surface area contributed by atoms with Gasteiger partial charge in [0.1, 0.15) is 5.82 Å². The summed E-state index contributed by atoms with van der Waals surface area (Å²) in [6.07, 6.45) is 1.08. The minimum atomic E-state index is -0.157. The van der Waals surface area contributed by atoms with E-state index in [1.54, 1.807) is 6.92 Å². The lowest BCUT2D eigenvalue weighted by Crippen LogP contribution is -2.36. The highest BCUT2D eigenvalue weighted by atomic mass is 19.1. The summed E-state index contributed by atoms with van der Waals surface area (Å²) in [7, 11) is 2.07. The van der Waals surface area contributed by atoms with Crippen LogP contribution in [0.3, 0.4) is 0 Å². The molecular formula is C14H23FN2. The summed E-state index contributed by atoms with van der Waals surface area (Å²) in [6, 6.07) is 5.88. The van der Waals surface area contributed by atoms with Crippen LogP contribution in [-0.2, 0) is 0 Å². The molecule has 0 radical (unpaired) electrons. The van der Waals surface area contributed by atoms with E-state index in [1.807, 2.05) is 12.1 Å². The van der Waals surface area contributed by atoms with E-state index in [-0.39, 0.29) is 11.9 Å². The van der Waals surface area contributed by atoms with Crippen molar-refractivity contribution in [3.05, 3.63) is 35.1 Å². The molecule has 1 aromatic rings. The van der Waals surface area contributed by atoms with Crippen molar-refractivity contribution in [1.29, 1.82) is 0 Å². The summed E-state index contributed by atoms with van der Waals surface area (Å²) in [4.78, 5) is 2.26. The van der Waals surface area contributed by atoms with Gasteiger partial charge in [0.05, 0.1) is 0 Å². The Bertz CT molecular complexity index is 365. The van der Waals surface area contributed by atoms with Gasteiger partial charge in [-0.05, 0) is 44.5 Å². The van der Waals surface area contributed by atoms with E-state index < -0.39 is 0 Å². The third-order valence-electron chi connectivity index (χ3n) is 3.57. The largest absolute Gasteiger partial charge is 0.329 e. The van der Waals surface area contributed by atoms with Gasteiger partial charge in [-0.3, -0.25) is 4.90 Å². The van der Waals surface area contributed by atoms with Crippen LogP contribution in [0.2, 0.25) is 0 Å². The summed E-state index contributed by atoms with van der Waals surface area (Å²) in [5.41, 5.74) is 7.62. The molecule has 0 fully saturated rings. The number of likely N-dealkylation sites (N-methyl/N-ethyl adjacent to an activating group) is 1. The van der Waals surface area contributed by atoms with Gasteiger partial charge in [0.15, 0.2) is 0 Å². The van der Waals surface area contributed by atoms with Crippen molar-refractivity contribution < 1.29 is 4.39 Å². The molecule has 0 saturated carbocycles. The van der Waals surface area contributed by atoms with Crippen molar-refractivity contribution in [2.45, 2.75) is 39.3 Å². The van der Waals surface area contributed by atoms with Gasteiger partial charge in [0.2, 0.25) is 0 Å². The summed E-state index contributed by atoms with van der Waals surface area (Å²) >= 11 is 0. The molecule has 0 heterocycles. The molecule has 17 heavy (non-hydrogen) atoms. The van der Waals surface area contributed by atoms with Gasteiger partial charge in [-0.15, -0.1) is 0 Å². The van der Waals surface area contributed by atoms with Gasteiger partial charge in [0.25, 0.3) is 0 Å². The van der Waals surface area contributed by atoms with Crippen LogP contribution in [0.4, 0.5) is 4.39 Å². The van der Waals surface area contributed by atoms with E-state index in [1.165, 1.54) is 6.07 Å². The van der Waals surface area contributed by atoms with Crippen molar-refractivity contribution in [3.8, 4) is 0 Å². The topological polar surface area (TPSA) is 29.3 Å². The Morgan fingerprint density at radius 1 is 1.41 bits per heavy atom. The SMILES string of the molecule is CCC(C)N(C)C(CN)c1ccc(F)c(C)c1. The van der Waals surface area contributed by atoms with E-state index in [0.29, 0.717) is 18.2 Å². The van der Waals surface area contributed by atoms with E-state index in [9.17, 15) is 4.39 Å². The lowest BCUT2D eigenvalue weighted by atomic mass is 10.0. The molecule has 96 valence electrons. The van der Waals surface area contributed by atoms with Crippen LogP contribution < -0.4 is 5.73 Å². The third-order valence-corrected chi connectivity index (χ3v) is 3.57. The monoisotopic (exact) mass is 238 g/mol. The van der Waals surface area contributed by atoms with Crippen LogP contribution in [0.25, 0.3) is 0 Å². The van der Waals surface area contributed by atoms with Crippen LogP contribution in [0.15, 0.2) is 18.2 Å². The highest BCUT2D eigenvalue weighted by molar-refractivity contribution is 5.26. The zero-order chi connectivity index (χ0) is 13.0. The first-order valence-corrected chi connectivity index (χ1v) is 6.19. The number of aryl methyl sites for hydroxylation is 1. The normalized spacial score (nSPS) is 15.0. The second-order valence-corrected chi connectivity index (χ2v) is 4.68. The maximum Gasteiger partial charge on any atom is 0.126 e. The molecule has 2 atom stereocenters. The first-order chi connectivity index (χ1) is 8.01. The van der Waals surface area contributed by atoms with Crippen LogP contribution >= 0.6 is 0 Å². The number of benzene rings is 1. The van der Waals surface area contributed by atoms with Crippen LogP contribution in [0.1, 0.15) is 37.4 Å². The standard InChI is InChI=1S/C14H23FN2/c1-5-11(3)17(4)14(9-16)12-6-7-13(15)10(2)8-12/h6-8,11,14H,5,9,16H2,1-4H3. The fourth-order valence-electron chi connectivity index (χ4n) is 2.01. The van der Waals surface area contributed by atoms with Gasteiger partial charge in [-0.1, -0.05) is 19.1 Å². The highest BCUT2D eigenvalue weighted by Gasteiger charge is 2.19. The van der Waals surface area contributed by atoms with E-state index in [2.05, 4.69) is 25.8 Å². The second kappa shape index (κ2) is 6.12. The molecule has 0 bridgehead atoms. The zero-order valence-corrected chi connectivity index (χ0v) is 11.2. The molecule has 2 unspecified atom stereocenters. The van der Waals surface area contributed by atoms with Crippen molar-refractivity contribution in [1.82, 2.24) is 4.90 Å². The molecule has 0 aliphatic rings. The molecule has 0 saturated heterocycles. The molecule has 0 aromatic heterocycles. The first kappa shape index (κ1) is 14.1. The second-order valence-electron chi connectivity index (χ2n) is 4.68. The maximum atomic E-state index is 13.2. The fraction of sp³-hybridized carbons (Fsp3) is 0.571. The van der Waals surface area contributed by atoms with Crippen LogP contribution in [-0.4, -0.2) is 24.5 Å². The summed E-state index contributed by atoms with van der Waals surface area (Å²) in [6.45, 7) is 6.67. The summed E-state index contributed by atoms with van der Waals surface area (Å²) in [5, 5.41) is 0. The van der Waals surface area contributed by atoms with Gasteiger partial charge >= 0.3 is 0 Å². The molecule has 2 nitrogen and oxygen atoms in total. The van der Waals surface area contributed by atoms with E-state index in [0.717, 1.165) is 12.0 Å². The van der Waals surface area contributed by atoms with Crippen molar-refractivity contribution in [3.63, 3.8) is 0 Å². The molecule has 1 rings (SSSR count). The van der Waals surface area contributed by atoms with Crippen molar-refractivity contribution in [2.24, 2.45) is 5.73 Å². The number of hydrogen-bond acceptors (Lipinski definition) is 2. The van der Waals surface area contributed by atoms with E-state index in [4.69, 9.17) is 5.73 Å². The maximum absolute atomic E-state index is 13.2. The smallest absolute Gasteiger partial charge is 0.126 e. The Morgan fingerprint density at radius 3 is 2.53 bits per heavy atom. The van der Waals surface area contributed by atoms with Crippen molar-refractivity contribution >= 4 is 0 Å². The number of halogens is 1. The number of hydrogen-bond donors (Lipinski definition) is 1. The van der Waals surface area contributed by atoms with Crippen LogP contribution in [0, 0.1) is 12.7 Å². The quantitative estimate of drug-likeness (QED) is 0.854.